The van der Waals surface area contributed by atoms with Crippen LogP contribution in [0.1, 0.15) is 33.4 Å². The highest BCUT2D eigenvalue weighted by atomic mass is 28.3. The minimum atomic E-state index is -2.94. The van der Waals surface area contributed by atoms with E-state index in [0.717, 1.165) is 17.4 Å². The number of ether oxygens (including phenoxy) is 1. The van der Waals surface area contributed by atoms with E-state index >= 15 is 0 Å². The van der Waals surface area contributed by atoms with Crippen LogP contribution in [0.3, 0.4) is 0 Å². The number of para-hydroxylation sites is 3. The minimum absolute atomic E-state index is 0.592. The summed E-state index contributed by atoms with van der Waals surface area (Å²) in [4.78, 5) is 2.57. The van der Waals surface area contributed by atoms with Gasteiger partial charge in [0.25, 0.3) is 17.3 Å². The normalized spacial score (nSPS) is 18.1. The lowest BCUT2D eigenvalue weighted by atomic mass is 9.64. The fourth-order valence-electron chi connectivity index (χ4n) is 14.9. The van der Waals surface area contributed by atoms with Gasteiger partial charge in [-0.1, -0.05) is 146 Å². The summed E-state index contributed by atoms with van der Waals surface area (Å²) >= 11 is 0. The second kappa shape index (κ2) is 10.6. The molecule has 5 nitrogen and oxygen atoms in total. The molecule has 6 heteroatoms. The summed E-state index contributed by atoms with van der Waals surface area (Å²) < 4.78 is 15.4. The van der Waals surface area contributed by atoms with Crippen molar-refractivity contribution < 1.29 is 13.9 Å². The quantitative estimate of drug-likeness (QED) is 0.112. The highest BCUT2D eigenvalue weighted by molar-refractivity contribution is 7.23. The van der Waals surface area contributed by atoms with Gasteiger partial charge < -0.3 is 4.74 Å². The Morgan fingerprint density at radius 2 is 1.06 bits per heavy atom. The van der Waals surface area contributed by atoms with Crippen molar-refractivity contribution in [3.8, 4) is 39.6 Å². The predicted molar refractivity (Wildman–Crippen MR) is 261 cm³/mol. The fraction of sp³-hybridized carbons (Fsp3) is 0.0333. The molecule has 3 aromatic heterocycles. The Labute approximate surface area is 379 Å². The Morgan fingerprint density at radius 3 is 1.80 bits per heavy atom. The van der Waals surface area contributed by atoms with Crippen LogP contribution in [0.4, 0.5) is 17.2 Å². The smallest absolute Gasteiger partial charge is 0.321 e. The SMILES string of the molecule is c1ccc2c(c1)-c1ccccc1C21c2ccccc2N2c3ccccc3C34c5c(ccc6c5-n5c7c(cccc7c7ccc[n+]3c75)[Si]63c5ccccc5-c5ccccc53)Oc3ccc1c2[n+]34. The van der Waals surface area contributed by atoms with Crippen molar-refractivity contribution in [1.82, 2.24) is 4.57 Å². The molecule has 66 heavy (non-hydrogen) atoms. The van der Waals surface area contributed by atoms with Crippen molar-refractivity contribution in [2.24, 2.45) is 0 Å². The van der Waals surface area contributed by atoms with Crippen LogP contribution < -0.4 is 39.5 Å². The highest BCUT2D eigenvalue weighted by Gasteiger charge is 2.70. The number of hydrogen-bond donors (Lipinski definition) is 0. The number of rotatable bonds is 0. The van der Waals surface area contributed by atoms with E-state index in [1.54, 1.807) is 0 Å². The van der Waals surface area contributed by atoms with Crippen LogP contribution in [0.2, 0.25) is 0 Å². The Balaban J connectivity index is 1.09. The molecule has 18 rings (SSSR count). The summed E-state index contributed by atoms with van der Waals surface area (Å²) in [6, 6.07) is 76.5. The van der Waals surface area contributed by atoms with E-state index in [1.807, 2.05) is 0 Å². The zero-order valence-electron chi connectivity index (χ0n) is 35.3. The average Bonchev–Trinajstić information content (AvgIpc) is 3.99. The van der Waals surface area contributed by atoms with Gasteiger partial charge in [-0.3, -0.25) is 0 Å². The van der Waals surface area contributed by atoms with Crippen LogP contribution in [0.15, 0.2) is 206 Å². The molecule has 0 saturated heterocycles. The molecule has 8 aromatic carbocycles. The van der Waals surface area contributed by atoms with E-state index < -0.39 is 19.2 Å². The molecule has 0 radical (unpaired) electrons. The number of benzene rings is 8. The number of anilines is 3. The highest BCUT2D eigenvalue weighted by Crippen LogP contribution is 2.66. The summed E-state index contributed by atoms with van der Waals surface area (Å²) in [5, 5.41) is 8.36. The van der Waals surface area contributed by atoms with Gasteiger partial charge in [-0.05, 0) is 92.3 Å². The molecule has 1 aliphatic carbocycles. The van der Waals surface area contributed by atoms with E-state index in [1.165, 1.54) is 115 Å². The van der Waals surface area contributed by atoms with E-state index in [2.05, 4.69) is 225 Å². The lowest BCUT2D eigenvalue weighted by Gasteiger charge is -2.49. The summed E-state index contributed by atoms with van der Waals surface area (Å²) in [5.41, 5.74) is 17.6. The molecule has 6 aliphatic heterocycles. The molecule has 11 aromatic rings. The fourth-order valence-corrected chi connectivity index (χ4v) is 20.4. The van der Waals surface area contributed by atoms with Gasteiger partial charge in [-0.2, -0.15) is 14.0 Å². The van der Waals surface area contributed by atoms with Crippen LogP contribution >= 0.6 is 0 Å². The lowest BCUT2D eigenvalue weighted by Crippen LogP contribution is -2.81. The summed E-state index contributed by atoms with van der Waals surface area (Å²) in [5.74, 6) is 2.86. The van der Waals surface area contributed by atoms with Gasteiger partial charge in [0, 0.05) is 27.4 Å². The van der Waals surface area contributed by atoms with E-state index in [0.29, 0.717) is 0 Å². The summed E-state index contributed by atoms with van der Waals surface area (Å²) in [7, 11) is -2.94. The molecule has 0 saturated carbocycles. The van der Waals surface area contributed by atoms with Crippen molar-refractivity contribution in [3.63, 3.8) is 0 Å². The molecule has 1 atom stereocenters. The summed E-state index contributed by atoms with van der Waals surface area (Å²) in [6.07, 6.45) is 2.35. The number of nitrogens with zero attached hydrogens (tertiary/aromatic N) is 4. The second-order valence-electron chi connectivity index (χ2n) is 19.1. The maximum Gasteiger partial charge on any atom is 0.321 e. The van der Waals surface area contributed by atoms with Gasteiger partial charge >= 0.3 is 5.66 Å². The van der Waals surface area contributed by atoms with Crippen molar-refractivity contribution in [2.75, 3.05) is 4.90 Å². The maximum atomic E-state index is 7.52. The van der Waals surface area contributed by atoms with Crippen molar-refractivity contribution in [3.05, 3.63) is 240 Å². The van der Waals surface area contributed by atoms with Gasteiger partial charge in [0.2, 0.25) is 0 Å². The molecule has 302 valence electrons. The topological polar surface area (TPSA) is 25.2 Å². The van der Waals surface area contributed by atoms with E-state index in [4.69, 9.17) is 4.74 Å². The third-order valence-corrected chi connectivity index (χ3v) is 21.7. The van der Waals surface area contributed by atoms with Crippen LogP contribution in [-0.2, 0) is 11.1 Å². The van der Waals surface area contributed by atoms with Gasteiger partial charge in [0.1, 0.15) is 33.9 Å². The first-order valence-electron chi connectivity index (χ1n) is 23.1. The van der Waals surface area contributed by atoms with Crippen LogP contribution in [0, 0.1) is 0 Å². The molecule has 9 heterocycles. The zero-order valence-corrected chi connectivity index (χ0v) is 36.3. The molecular weight excluding hydrogens is 821 g/mol. The first-order chi connectivity index (χ1) is 32.8. The number of fused-ring (bicyclic) bond motifs is 19. The molecule has 3 spiro atoms. The van der Waals surface area contributed by atoms with Gasteiger partial charge in [0.15, 0.2) is 8.07 Å². The number of pyridine rings is 2. The second-order valence-corrected chi connectivity index (χ2v) is 22.7. The third kappa shape index (κ3) is 3.10. The van der Waals surface area contributed by atoms with Crippen LogP contribution in [-0.4, -0.2) is 12.6 Å². The predicted octanol–water partition coefficient (Wildman–Crippen LogP) is 9.21. The Kier molecular flexibility index (Phi) is 5.34. The van der Waals surface area contributed by atoms with Crippen LogP contribution in [0.25, 0.3) is 49.9 Å². The Bertz CT molecular complexity index is 4110. The van der Waals surface area contributed by atoms with Gasteiger partial charge in [0.05, 0.1) is 28.1 Å². The first-order valence-corrected chi connectivity index (χ1v) is 25.1. The third-order valence-electron chi connectivity index (χ3n) is 16.8. The standard InChI is InChI=1S/C60H34N4OSi/c1-5-21-41-35(15-1)36-16-2-6-22-42(36)59(41)43-23-7-9-25-46(43)62-47-26-10-8-24-44(47)60-54-48(65-53-33-30-45(59)58(62)64(53)60)31-32-52-56(54)63-55-39(40-20-14-34-61(60)57(40)63)19-13-29-51(55)66(52)49-27-11-3-17-37(49)38-18-4-12-28-50(38)66/h1-34H/q+2. The Hall–Kier alpha value is -8.32. The lowest BCUT2D eigenvalue weighted by molar-refractivity contribution is -0.961. The molecule has 0 fully saturated rings. The number of aromatic nitrogens is 3. The van der Waals surface area contributed by atoms with E-state index in [-0.39, 0.29) is 0 Å². The van der Waals surface area contributed by atoms with Crippen molar-refractivity contribution in [1.29, 1.82) is 0 Å². The molecule has 0 N–H and O–H groups in total. The molecular formula is C60H34N4OSi+2. The van der Waals surface area contributed by atoms with Crippen molar-refractivity contribution >= 4 is 67.9 Å². The van der Waals surface area contributed by atoms with Crippen LogP contribution in [0.5, 0.6) is 11.6 Å². The molecule has 0 amide bonds. The number of hydrogen-bond acceptors (Lipinski definition) is 2. The van der Waals surface area contributed by atoms with Crippen molar-refractivity contribution in [2.45, 2.75) is 11.1 Å². The molecule has 0 bridgehead atoms. The zero-order chi connectivity index (χ0) is 42.4. The molecule has 1 unspecified atom stereocenters. The average molecular weight is 855 g/mol. The Morgan fingerprint density at radius 1 is 0.455 bits per heavy atom. The monoisotopic (exact) mass is 854 g/mol. The van der Waals surface area contributed by atoms with E-state index in [9.17, 15) is 0 Å². The summed E-state index contributed by atoms with van der Waals surface area (Å²) in [6.45, 7) is 0. The minimum Gasteiger partial charge on any atom is -0.422 e. The molecule has 7 aliphatic rings. The largest absolute Gasteiger partial charge is 0.422 e. The van der Waals surface area contributed by atoms with Gasteiger partial charge in [-0.15, -0.1) is 4.57 Å². The van der Waals surface area contributed by atoms with Gasteiger partial charge in [-0.25, -0.2) is 0 Å². The first kappa shape index (κ1) is 33.2. The maximum absolute atomic E-state index is 7.52.